The van der Waals surface area contributed by atoms with Crippen molar-refractivity contribution in [2.75, 3.05) is 18.4 Å². The van der Waals surface area contributed by atoms with Gasteiger partial charge in [-0.3, -0.25) is 9.69 Å². The SMILES string of the molecule is CCN(CC(C)C(N)=S)C1CCc2ccccc2NC1=O. The highest BCUT2D eigenvalue weighted by molar-refractivity contribution is 7.80. The van der Waals surface area contributed by atoms with Gasteiger partial charge in [-0.15, -0.1) is 0 Å². The van der Waals surface area contributed by atoms with Crippen LogP contribution in [0.4, 0.5) is 5.69 Å². The first-order valence-corrected chi connectivity index (χ1v) is 7.86. The number of benzene rings is 1. The van der Waals surface area contributed by atoms with E-state index >= 15 is 0 Å². The van der Waals surface area contributed by atoms with E-state index in [0.29, 0.717) is 4.99 Å². The number of fused-ring (bicyclic) bond motifs is 1. The zero-order valence-electron chi connectivity index (χ0n) is 12.6. The number of carbonyl (C=O) groups is 1. The predicted octanol–water partition coefficient (Wildman–Crippen LogP) is 2.18. The molecule has 1 aliphatic heterocycles. The van der Waals surface area contributed by atoms with Crippen molar-refractivity contribution in [3.8, 4) is 0 Å². The van der Waals surface area contributed by atoms with Gasteiger partial charge >= 0.3 is 0 Å². The maximum atomic E-state index is 12.5. The molecule has 0 aliphatic carbocycles. The second-order valence-electron chi connectivity index (χ2n) is 5.59. The highest BCUT2D eigenvalue weighted by Gasteiger charge is 2.29. The van der Waals surface area contributed by atoms with Crippen molar-refractivity contribution in [2.45, 2.75) is 32.7 Å². The van der Waals surface area contributed by atoms with Gasteiger partial charge in [-0.1, -0.05) is 44.3 Å². The Morgan fingerprint density at radius 3 is 2.90 bits per heavy atom. The molecule has 0 aromatic heterocycles. The van der Waals surface area contributed by atoms with Gasteiger partial charge < -0.3 is 11.1 Å². The number of anilines is 1. The average Bonchev–Trinajstić information content (AvgIpc) is 2.63. The van der Waals surface area contributed by atoms with E-state index in [1.807, 2.05) is 25.1 Å². The topological polar surface area (TPSA) is 58.4 Å². The van der Waals surface area contributed by atoms with Crippen LogP contribution in [0.3, 0.4) is 0 Å². The van der Waals surface area contributed by atoms with Crippen LogP contribution in [0.5, 0.6) is 0 Å². The minimum Gasteiger partial charge on any atom is -0.393 e. The molecule has 2 atom stereocenters. The first-order chi connectivity index (χ1) is 10.0. The van der Waals surface area contributed by atoms with Crippen LogP contribution >= 0.6 is 12.2 Å². The molecule has 1 aliphatic rings. The third-order valence-electron chi connectivity index (χ3n) is 4.11. The van der Waals surface area contributed by atoms with E-state index in [1.165, 1.54) is 5.56 Å². The molecule has 0 bridgehead atoms. The molecule has 4 nitrogen and oxygen atoms in total. The lowest BCUT2D eigenvalue weighted by molar-refractivity contribution is -0.121. The van der Waals surface area contributed by atoms with E-state index in [4.69, 9.17) is 18.0 Å². The van der Waals surface area contributed by atoms with E-state index in [9.17, 15) is 4.79 Å². The molecule has 2 unspecified atom stereocenters. The molecule has 0 spiro atoms. The number of rotatable bonds is 5. The third-order valence-corrected chi connectivity index (χ3v) is 4.51. The highest BCUT2D eigenvalue weighted by Crippen LogP contribution is 2.24. The summed E-state index contributed by atoms with van der Waals surface area (Å²) in [6.45, 7) is 5.60. The van der Waals surface area contributed by atoms with Gasteiger partial charge in [0.2, 0.25) is 5.91 Å². The summed E-state index contributed by atoms with van der Waals surface area (Å²) in [7, 11) is 0. The lowest BCUT2D eigenvalue weighted by atomic mass is 10.0. The summed E-state index contributed by atoms with van der Waals surface area (Å²) in [5.74, 6) is 0.176. The van der Waals surface area contributed by atoms with Crippen LogP contribution in [0.2, 0.25) is 0 Å². The Kier molecular flexibility index (Phi) is 5.31. The number of carbonyl (C=O) groups excluding carboxylic acids is 1. The van der Waals surface area contributed by atoms with Gasteiger partial charge in [-0.2, -0.15) is 0 Å². The average molecular weight is 305 g/mol. The molecule has 1 aromatic carbocycles. The first kappa shape index (κ1) is 15.9. The second kappa shape index (κ2) is 7.00. The van der Waals surface area contributed by atoms with Crippen molar-refractivity contribution < 1.29 is 4.79 Å². The molecule has 1 amide bonds. The normalized spacial score (nSPS) is 19.6. The highest BCUT2D eigenvalue weighted by atomic mass is 32.1. The van der Waals surface area contributed by atoms with Crippen LogP contribution < -0.4 is 11.1 Å². The van der Waals surface area contributed by atoms with Gasteiger partial charge in [0.1, 0.15) is 0 Å². The summed E-state index contributed by atoms with van der Waals surface area (Å²) in [5, 5.41) is 3.05. The summed E-state index contributed by atoms with van der Waals surface area (Å²) >= 11 is 5.05. The molecule has 0 saturated carbocycles. The number of para-hydroxylation sites is 1. The zero-order chi connectivity index (χ0) is 15.4. The quantitative estimate of drug-likeness (QED) is 0.819. The molecule has 3 N–H and O–H groups in total. The van der Waals surface area contributed by atoms with E-state index < -0.39 is 0 Å². The number of likely N-dealkylation sites (N-methyl/N-ethyl adjacent to an activating group) is 1. The first-order valence-electron chi connectivity index (χ1n) is 7.45. The number of thiocarbonyl (C=S) groups is 1. The second-order valence-corrected chi connectivity index (χ2v) is 6.06. The van der Waals surface area contributed by atoms with E-state index in [0.717, 1.165) is 31.6 Å². The number of nitrogens with two attached hydrogens (primary N) is 1. The Labute approximate surface area is 131 Å². The summed E-state index contributed by atoms with van der Waals surface area (Å²) in [5.41, 5.74) is 7.84. The van der Waals surface area contributed by atoms with Gasteiger partial charge in [0.05, 0.1) is 11.0 Å². The smallest absolute Gasteiger partial charge is 0.241 e. The van der Waals surface area contributed by atoms with Crippen molar-refractivity contribution in [2.24, 2.45) is 11.7 Å². The maximum Gasteiger partial charge on any atom is 0.241 e. The predicted molar refractivity (Wildman–Crippen MR) is 90.4 cm³/mol. The standard InChI is InChI=1S/C16H23N3OS/c1-3-19(10-11(2)15(17)21)14-9-8-12-6-4-5-7-13(12)18-16(14)20/h4-7,11,14H,3,8-10H2,1-2H3,(H2,17,21)(H,18,20). The van der Waals surface area contributed by atoms with Crippen LogP contribution in [0.15, 0.2) is 24.3 Å². The number of nitrogens with zero attached hydrogens (tertiary/aromatic N) is 1. The van der Waals surface area contributed by atoms with E-state index in [2.05, 4.69) is 23.2 Å². The molecule has 5 heteroatoms. The van der Waals surface area contributed by atoms with Gasteiger partial charge in [0.25, 0.3) is 0 Å². The Morgan fingerprint density at radius 2 is 2.24 bits per heavy atom. The fraction of sp³-hybridized carbons (Fsp3) is 0.500. The molecule has 21 heavy (non-hydrogen) atoms. The largest absolute Gasteiger partial charge is 0.393 e. The molecule has 1 heterocycles. The number of aryl methyl sites for hydroxylation is 1. The molecule has 1 aromatic rings. The fourth-order valence-electron chi connectivity index (χ4n) is 2.77. The lowest BCUT2D eigenvalue weighted by Gasteiger charge is -2.30. The van der Waals surface area contributed by atoms with Crippen molar-refractivity contribution >= 4 is 28.8 Å². The van der Waals surface area contributed by atoms with E-state index in [1.54, 1.807) is 0 Å². The van der Waals surface area contributed by atoms with Gasteiger partial charge in [-0.05, 0) is 31.0 Å². The zero-order valence-corrected chi connectivity index (χ0v) is 13.5. The number of nitrogens with one attached hydrogen (secondary N) is 1. The molecular weight excluding hydrogens is 282 g/mol. The summed E-state index contributed by atoms with van der Waals surface area (Å²) < 4.78 is 0. The maximum absolute atomic E-state index is 12.5. The Bertz CT molecular complexity index is 532. The Balaban J connectivity index is 2.13. The Morgan fingerprint density at radius 1 is 1.52 bits per heavy atom. The van der Waals surface area contributed by atoms with Crippen molar-refractivity contribution in [3.63, 3.8) is 0 Å². The van der Waals surface area contributed by atoms with Crippen molar-refractivity contribution in [1.29, 1.82) is 0 Å². The summed E-state index contributed by atoms with van der Waals surface area (Å²) in [6, 6.07) is 7.87. The Hall–Kier alpha value is -1.46. The van der Waals surface area contributed by atoms with Crippen LogP contribution in [-0.2, 0) is 11.2 Å². The minimum atomic E-state index is -0.126. The number of hydrogen-bond donors (Lipinski definition) is 2. The molecular formula is C16H23N3OS. The molecule has 0 radical (unpaired) electrons. The van der Waals surface area contributed by atoms with Crippen LogP contribution in [0.25, 0.3) is 0 Å². The lowest BCUT2D eigenvalue weighted by Crippen LogP contribution is -2.46. The van der Waals surface area contributed by atoms with Crippen molar-refractivity contribution in [3.05, 3.63) is 29.8 Å². The molecule has 0 saturated heterocycles. The fourth-order valence-corrected chi connectivity index (χ4v) is 2.84. The molecule has 114 valence electrons. The van der Waals surface area contributed by atoms with Crippen LogP contribution in [-0.4, -0.2) is 34.9 Å². The number of amides is 1. The van der Waals surface area contributed by atoms with Crippen molar-refractivity contribution in [1.82, 2.24) is 4.90 Å². The minimum absolute atomic E-state index is 0.0666. The summed E-state index contributed by atoms with van der Waals surface area (Å²) in [6.07, 6.45) is 1.72. The van der Waals surface area contributed by atoms with Crippen LogP contribution in [0.1, 0.15) is 25.8 Å². The van der Waals surface area contributed by atoms with Gasteiger partial charge in [0, 0.05) is 18.2 Å². The van der Waals surface area contributed by atoms with Crippen LogP contribution in [0, 0.1) is 5.92 Å². The molecule has 0 fully saturated rings. The van der Waals surface area contributed by atoms with E-state index in [-0.39, 0.29) is 17.9 Å². The summed E-state index contributed by atoms with van der Waals surface area (Å²) in [4.78, 5) is 15.2. The van der Waals surface area contributed by atoms with Gasteiger partial charge in [0.15, 0.2) is 0 Å². The monoisotopic (exact) mass is 305 g/mol. The van der Waals surface area contributed by atoms with Gasteiger partial charge in [-0.25, -0.2) is 0 Å². The molecule has 2 rings (SSSR count). The number of hydrogen-bond acceptors (Lipinski definition) is 3. The third kappa shape index (κ3) is 3.80.